The fourth-order valence-corrected chi connectivity index (χ4v) is 2.72. The molecule has 0 aliphatic heterocycles. The van der Waals surface area contributed by atoms with Crippen LogP contribution in [0.4, 0.5) is 29.3 Å². The number of benzene rings is 2. The zero-order valence-corrected chi connectivity index (χ0v) is 16.1. The molecule has 1 heterocycles. The zero-order chi connectivity index (χ0) is 21.9. The molecule has 0 spiro atoms. The first kappa shape index (κ1) is 21.2. The molecule has 10 heteroatoms. The van der Waals surface area contributed by atoms with E-state index in [4.69, 9.17) is 4.42 Å². The normalized spacial score (nSPS) is 11.5. The van der Waals surface area contributed by atoms with E-state index in [1.54, 1.807) is 38.1 Å². The molecule has 0 saturated heterocycles. The maximum atomic E-state index is 12.7. The summed E-state index contributed by atoms with van der Waals surface area (Å²) >= 11 is 0. The number of aromatic nitrogens is 2. The van der Waals surface area contributed by atoms with E-state index in [0.717, 1.165) is 17.0 Å². The van der Waals surface area contributed by atoms with Crippen molar-refractivity contribution >= 4 is 17.5 Å². The topological polar surface area (TPSA) is 91.5 Å². The summed E-state index contributed by atoms with van der Waals surface area (Å²) in [5, 5.41) is 20.2. The molecule has 0 fully saturated rings. The highest BCUT2D eigenvalue weighted by Crippen LogP contribution is 2.32. The number of hydrogen-bond acceptors (Lipinski definition) is 5. The highest BCUT2D eigenvalue weighted by molar-refractivity contribution is 5.76. The third-order valence-electron chi connectivity index (χ3n) is 4.29. The number of para-hydroxylation sites is 1. The number of halogens is 3. The van der Waals surface area contributed by atoms with Crippen LogP contribution in [0, 0.1) is 0 Å². The van der Waals surface area contributed by atoms with Crippen LogP contribution in [0.25, 0.3) is 11.5 Å². The number of rotatable bonds is 6. The van der Waals surface area contributed by atoms with Gasteiger partial charge in [0.15, 0.2) is 0 Å². The smallest absolute Gasteiger partial charge is 0.416 e. The summed E-state index contributed by atoms with van der Waals surface area (Å²) in [5.41, 5.74) is 0.789. The summed E-state index contributed by atoms with van der Waals surface area (Å²) in [7, 11) is 0. The SMILES string of the molecule is CC(C)N(Cc1nnc(-c2ccccc2Nc2ccc(C(F)(F)F)cc2)o1)C(=O)O. The Kier molecular flexibility index (Phi) is 5.95. The standard InChI is InChI=1S/C20H19F3N4O3/c1-12(2)27(19(28)29)11-17-25-26-18(30-17)15-5-3-4-6-16(15)24-14-9-7-13(8-10-14)20(21,22)23/h3-10,12,24H,11H2,1-2H3,(H,28,29). The summed E-state index contributed by atoms with van der Waals surface area (Å²) in [6.45, 7) is 3.40. The Bertz CT molecular complexity index is 1020. The van der Waals surface area contributed by atoms with Crippen LogP contribution in [-0.2, 0) is 12.7 Å². The van der Waals surface area contributed by atoms with Gasteiger partial charge in [-0.15, -0.1) is 10.2 Å². The van der Waals surface area contributed by atoms with Crippen molar-refractivity contribution < 1.29 is 27.5 Å². The van der Waals surface area contributed by atoms with E-state index in [0.29, 0.717) is 16.9 Å². The van der Waals surface area contributed by atoms with Crippen molar-refractivity contribution in [1.82, 2.24) is 15.1 Å². The number of alkyl halides is 3. The molecule has 158 valence electrons. The molecule has 3 aromatic rings. The average Bonchev–Trinajstić information content (AvgIpc) is 3.14. The fourth-order valence-electron chi connectivity index (χ4n) is 2.72. The first-order chi connectivity index (χ1) is 14.1. The van der Waals surface area contributed by atoms with Crippen molar-refractivity contribution in [1.29, 1.82) is 0 Å². The van der Waals surface area contributed by atoms with Gasteiger partial charge in [-0.05, 0) is 50.2 Å². The van der Waals surface area contributed by atoms with Gasteiger partial charge in [-0.2, -0.15) is 13.2 Å². The Labute approximate surface area is 170 Å². The molecular formula is C20H19F3N4O3. The molecule has 1 aromatic heterocycles. The van der Waals surface area contributed by atoms with E-state index >= 15 is 0 Å². The van der Waals surface area contributed by atoms with Crippen LogP contribution >= 0.6 is 0 Å². The molecule has 0 saturated carbocycles. The second-order valence-electron chi connectivity index (χ2n) is 6.75. The molecule has 0 aliphatic carbocycles. The molecular weight excluding hydrogens is 401 g/mol. The largest absolute Gasteiger partial charge is 0.465 e. The Morgan fingerprint density at radius 1 is 1.13 bits per heavy atom. The van der Waals surface area contributed by atoms with Crippen molar-refractivity contribution in [2.45, 2.75) is 32.6 Å². The van der Waals surface area contributed by atoms with Crippen LogP contribution in [0.2, 0.25) is 0 Å². The van der Waals surface area contributed by atoms with Crippen molar-refractivity contribution in [2.75, 3.05) is 5.32 Å². The van der Waals surface area contributed by atoms with Gasteiger partial charge in [-0.1, -0.05) is 12.1 Å². The summed E-state index contributed by atoms with van der Waals surface area (Å²) < 4.78 is 43.8. The van der Waals surface area contributed by atoms with E-state index in [-0.39, 0.29) is 24.4 Å². The summed E-state index contributed by atoms with van der Waals surface area (Å²) in [5.74, 6) is 0.291. The molecule has 2 N–H and O–H groups in total. The number of amides is 1. The van der Waals surface area contributed by atoms with Crippen molar-refractivity contribution in [3.05, 3.63) is 60.0 Å². The van der Waals surface area contributed by atoms with Gasteiger partial charge in [-0.25, -0.2) is 4.79 Å². The fraction of sp³-hybridized carbons (Fsp3) is 0.250. The van der Waals surface area contributed by atoms with Gasteiger partial charge in [0.1, 0.15) is 6.54 Å². The maximum absolute atomic E-state index is 12.7. The maximum Gasteiger partial charge on any atom is 0.416 e. The van der Waals surface area contributed by atoms with Crippen molar-refractivity contribution in [3.63, 3.8) is 0 Å². The van der Waals surface area contributed by atoms with Crippen LogP contribution in [0.5, 0.6) is 0 Å². The third-order valence-corrected chi connectivity index (χ3v) is 4.29. The number of nitrogens with one attached hydrogen (secondary N) is 1. The molecule has 3 rings (SSSR count). The predicted octanol–water partition coefficient (Wildman–Crippen LogP) is 5.39. The van der Waals surface area contributed by atoms with Gasteiger partial charge in [0.05, 0.1) is 16.8 Å². The van der Waals surface area contributed by atoms with Crippen LogP contribution in [0.15, 0.2) is 52.9 Å². The lowest BCUT2D eigenvalue weighted by Crippen LogP contribution is -2.35. The Morgan fingerprint density at radius 3 is 2.40 bits per heavy atom. The molecule has 0 bridgehead atoms. The van der Waals surface area contributed by atoms with Crippen LogP contribution in [0.1, 0.15) is 25.3 Å². The van der Waals surface area contributed by atoms with Gasteiger partial charge in [-0.3, -0.25) is 4.90 Å². The lowest BCUT2D eigenvalue weighted by Gasteiger charge is -2.21. The van der Waals surface area contributed by atoms with E-state index < -0.39 is 17.8 Å². The van der Waals surface area contributed by atoms with Gasteiger partial charge in [0, 0.05) is 11.7 Å². The molecule has 0 radical (unpaired) electrons. The van der Waals surface area contributed by atoms with E-state index in [1.807, 2.05) is 0 Å². The average molecular weight is 420 g/mol. The van der Waals surface area contributed by atoms with Gasteiger partial charge >= 0.3 is 12.3 Å². The van der Waals surface area contributed by atoms with Gasteiger partial charge in [0.2, 0.25) is 11.8 Å². The Morgan fingerprint density at radius 2 is 1.80 bits per heavy atom. The predicted molar refractivity (Wildman–Crippen MR) is 103 cm³/mol. The highest BCUT2D eigenvalue weighted by Gasteiger charge is 2.30. The molecule has 2 aromatic carbocycles. The molecule has 1 amide bonds. The third kappa shape index (κ3) is 4.88. The second kappa shape index (κ2) is 8.44. The second-order valence-corrected chi connectivity index (χ2v) is 6.75. The van der Waals surface area contributed by atoms with Gasteiger partial charge < -0.3 is 14.8 Å². The summed E-state index contributed by atoms with van der Waals surface area (Å²) in [6.07, 6.45) is -5.51. The first-order valence-electron chi connectivity index (χ1n) is 9.01. The minimum Gasteiger partial charge on any atom is -0.465 e. The highest BCUT2D eigenvalue weighted by atomic mass is 19.4. The molecule has 30 heavy (non-hydrogen) atoms. The number of carbonyl (C=O) groups is 1. The summed E-state index contributed by atoms with van der Waals surface area (Å²) in [6, 6.07) is 11.3. The van der Waals surface area contributed by atoms with Gasteiger partial charge in [0.25, 0.3) is 0 Å². The number of carboxylic acid groups (broad SMARTS) is 1. The zero-order valence-electron chi connectivity index (χ0n) is 16.1. The van der Waals surface area contributed by atoms with Crippen LogP contribution in [-0.4, -0.2) is 32.3 Å². The van der Waals surface area contributed by atoms with E-state index in [9.17, 15) is 23.1 Å². The minimum absolute atomic E-state index is 0.0610. The number of anilines is 2. The van der Waals surface area contributed by atoms with Crippen LogP contribution in [0.3, 0.4) is 0 Å². The Balaban J connectivity index is 1.82. The molecule has 0 aliphatic rings. The monoisotopic (exact) mass is 420 g/mol. The summed E-state index contributed by atoms with van der Waals surface area (Å²) in [4.78, 5) is 12.5. The van der Waals surface area contributed by atoms with E-state index in [2.05, 4.69) is 15.5 Å². The first-order valence-corrected chi connectivity index (χ1v) is 9.01. The quantitative estimate of drug-likeness (QED) is 0.556. The Hall–Kier alpha value is -3.56. The van der Waals surface area contributed by atoms with Crippen LogP contribution < -0.4 is 5.32 Å². The molecule has 0 atom stereocenters. The lowest BCUT2D eigenvalue weighted by molar-refractivity contribution is -0.137. The number of hydrogen-bond donors (Lipinski definition) is 2. The lowest BCUT2D eigenvalue weighted by atomic mass is 10.1. The van der Waals surface area contributed by atoms with E-state index in [1.165, 1.54) is 12.1 Å². The van der Waals surface area contributed by atoms with Crippen molar-refractivity contribution in [2.24, 2.45) is 0 Å². The molecule has 7 nitrogen and oxygen atoms in total. The van der Waals surface area contributed by atoms with Crippen molar-refractivity contribution in [3.8, 4) is 11.5 Å². The minimum atomic E-state index is -4.41. The number of nitrogens with zero attached hydrogens (tertiary/aromatic N) is 3. The molecule has 0 unspecified atom stereocenters.